The zero-order valence-corrected chi connectivity index (χ0v) is 7.58. The van der Waals surface area contributed by atoms with Gasteiger partial charge < -0.3 is 4.74 Å². The van der Waals surface area contributed by atoms with Crippen molar-refractivity contribution in [3.63, 3.8) is 0 Å². The Labute approximate surface area is 77.3 Å². The van der Waals surface area contributed by atoms with E-state index < -0.39 is 5.97 Å². The van der Waals surface area contributed by atoms with Crippen LogP contribution in [0.1, 0.15) is 13.3 Å². The van der Waals surface area contributed by atoms with Crippen LogP contribution in [0.25, 0.3) is 0 Å². The van der Waals surface area contributed by atoms with Gasteiger partial charge in [0.2, 0.25) is 6.08 Å². The van der Waals surface area contributed by atoms with E-state index in [4.69, 9.17) is 4.74 Å². The molecule has 4 nitrogen and oxygen atoms in total. The first-order valence-corrected chi connectivity index (χ1v) is 3.86. The zero-order valence-electron chi connectivity index (χ0n) is 7.58. The van der Waals surface area contributed by atoms with Crippen molar-refractivity contribution >= 4 is 12.0 Å². The molecule has 0 aromatic heterocycles. The van der Waals surface area contributed by atoms with E-state index in [9.17, 15) is 9.59 Å². The number of hydrogen-bond donors (Lipinski definition) is 0. The Morgan fingerprint density at radius 1 is 1.69 bits per heavy atom. The van der Waals surface area contributed by atoms with E-state index in [1.165, 1.54) is 6.08 Å². The van der Waals surface area contributed by atoms with Crippen LogP contribution in [-0.2, 0) is 14.3 Å². The smallest absolute Gasteiger partial charge is 0.333 e. The molecule has 0 atom stereocenters. The molecule has 0 N–H and O–H groups in total. The Morgan fingerprint density at radius 2 is 2.38 bits per heavy atom. The first-order valence-electron chi connectivity index (χ1n) is 3.86. The molecular formula is C9H12NO3. The molecule has 0 bridgehead atoms. The highest BCUT2D eigenvalue weighted by atomic mass is 16.5. The number of rotatable bonds is 6. The van der Waals surface area contributed by atoms with Gasteiger partial charge in [-0.1, -0.05) is 6.58 Å². The molecule has 0 aliphatic heterocycles. The van der Waals surface area contributed by atoms with Gasteiger partial charge in [0, 0.05) is 5.57 Å². The van der Waals surface area contributed by atoms with Gasteiger partial charge in [-0.2, -0.15) is 0 Å². The molecule has 0 aromatic carbocycles. The summed E-state index contributed by atoms with van der Waals surface area (Å²) in [5, 5.41) is 0. The lowest BCUT2D eigenvalue weighted by Gasteiger charge is -2.01. The molecule has 0 unspecified atom stereocenters. The van der Waals surface area contributed by atoms with Gasteiger partial charge in [-0.05, 0) is 19.8 Å². The zero-order chi connectivity index (χ0) is 10.1. The second-order valence-corrected chi connectivity index (χ2v) is 2.43. The van der Waals surface area contributed by atoms with Gasteiger partial charge in [0.1, 0.15) is 0 Å². The molecule has 1 radical (unpaired) electrons. The van der Waals surface area contributed by atoms with E-state index in [1.807, 2.05) is 0 Å². The van der Waals surface area contributed by atoms with Crippen LogP contribution in [0.4, 0.5) is 0 Å². The fraction of sp³-hybridized carbons (Fsp3) is 0.444. The van der Waals surface area contributed by atoms with Gasteiger partial charge in [-0.3, -0.25) is 0 Å². The predicted molar refractivity (Wildman–Crippen MR) is 47.7 cm³/mol. The van der Waals surface area contributed by atoms with E-state index >= 15 is 0 Å². The summed E-state index contributed by atoms with van der Waals surface area (Å²) in [5.74, 6) is -0.396. The predicted octanol–water partition coefficient (Wildman–Crippen LogP) is 1.04. The largest absolute Gasteiger partial charge is 0.462 e. The number of unbranched alkanes of at least 4 members (excludes halogenated alkanes) is 1. The van der Waals surface area contributed by atoms with Crippen molar-refractivity contribution in [2.45, 2.75) is 13.3 Å². The van der Waals surface area contributed by atoms with Gasteiger partial charge in [0.15, 0.2) is 0 Å². The van der Waals surface area contributed by atoms with Crippen molar-refractivity contribution in [1.29, 1.82) is 0 Å². The van der Waals surface area contributed by atoms with E-state index in [0.29, 0.717) is 25.1 Å². The number of carbonyl (C=O) groups is 1. The van der Waals surface area contributed by atoms with Crippen molar-refractivity contribution in [3.8, 4) is 0 Å². The van der Waals surface area contributed by atoms with Crippen molar-refractivity contribution in [1.82, 2.24) is 0 Å². The molecule has 13 heavy (non-hydrogen) atoms. The lowest BCUT2D eigenvalue weighted by molar-refractivity contribution is -0.138. The summed E-state index contributed by atoms with van der Waals surface area (Å²) >= 11 is 0. The number of esters is 1. The second-order valence-electron chi connectivity index (χ2n) is 2.43. The van der Waals surface area contributed by atoms with Gasteiger partial charge in [0.05, 0.1) is 13.2 Å². The number of hydrogen-bond acceptors (Lipinski definition) is 4. The maximum Gasteiger partial charge on any atom is 0.333 e. The Hall–Kier alpha value is -1.41. The van der Waals surface area contributed by atoms with Crippen LogP contribution in [0.15, 0.2) is 17.1 Å². The van der Waals surface area contributed by atoms with Crippen molar-refractivity contribution < 1.29 is 14.3 Å². The van der Waals surface area contributed by atoms with E-state index in [1.54, 1.807) is 13.3 Å². The summed E-state index contributed by atoms with van der Waals surface area (Å²) in [4.78, 5) is 23.7. The Bertz CT molecular complexity index is 229. The third-order valence-corrected chi connectivity index (χ3v) is 1.19. The molecule has 0 rings (SSSR count). The minimum Gasteiger partial charge on any atom is -0.462 e. The second kappa shape index (κ2) is 7.25. The summed E-state index contributed by atoms with van der Waals surface area (Å²) in [6.07, 6.45) is 3.71. The van der Waals surface area contributed by atoms with Gasteiger partial charge >= 0.3 is 5.97 Å². The molecule has 0 saturated carbocycles. The molecule has 0 amide bonds. The molecular weight excluding hydrogens is 170 g/mol. The van der Waals surface area contributed by atoms with Gasteiger partial charge in [0.25, 0.3) is 0 Å². The Morgan fingerprint density at radius 3 is 2.92 bits per heavy atom. The van der Waals surface area contributed by atoms with Crippen LogP contribution in [0.2, 0.25) is 0 Å². The highest BCUT2D eigenvalue weighted by Crippen LogP contribution is 1.95. The molecule has 71 valence electrons. The maximum absolute atomic E-state index is 10.8. The average Bonchev–Trinajstić information content (AvgIpc) is 2.10. The lowest BCUT2D eigenvalue weighted by Crippen LogP contribution is -2.06. The number of ether oxygens (including phenoxy) is 1. The number of isocyanates is 1. The normalized spacial score (nSPS) is 8.69. The molecule has 0 aliphatic rings. The Balaban J connectivity index is 3.30. The van der Waals surface area contributed by atoms with Crippen LogP contribution in [-0.4, -0.2) is 25.2 Å². The minimum absolute atomic E-state index is 0.292. The monoisotopic (exact) mass is 182 g/mol. The molecule has 4 heteroatoms. The van der Waals surface area contributed by atoms with Gasteiger partial charge in [-0.25, -0.2) is 14.6 Å². The third-order valence-electron chi connectivity index (χ3n) is 1.19. The van der Waals surface area contributed by atoms with E-state index in [-0.39, 0.29) is 0 Å². The number of aliphatic imine (C=N–C) groups is 1. The summed E-state index contributed by atoms with van der Waals surface area (Å²) in [6.45, 7) is 5.62. The van der Waals surface area contributed by atoms with Crippen molar-refractivity contribution in [2.75, 3.05) is 13.2 Å². The Kier molecular flexibility index (Phi) is 6.46. The quantitative estimate of drug-likeness (QED) is 0.203. The number of nitrogens with zero attached hydrogens (tertiary/aromatic N) is 1. The first kappa shape index (κ1) is 11.6. The fourth-order valence-electron chi connectivity index (χ4n) is 0.551. The van der Waals surface area contributed by atoms with Crippen LogP contribution in [0.5, 0.6) is 0 Å². The highest BCUT2D eigenvalue weighted by molar-refractivity contribution is 5.86. The molecule has 0 heterocycles. The van der Waals surface area contributed by atoms with Crippen LogP contribution >= 0.6 is 0 Å². The van der Waals surface area contributed by atoms with Crippen molar-refractivity contribution in [2.24, 2.45) is 4.99 Å². The molecule has 0 saturated heterocycles. The fourth-order valence-corrected chi connectivity index (χ4v) is 0.551. The van der Waals surface area contributed by atoms with Crippen LogP contribution in [0.3, 0.4) is 0 Å². The lowest BCUT2D eigenvalue weighted by atomic mass is 10.3. The van der Waals surface area contributed by atoms with Gasteiger partial charge in [-0.15, -0.1) is 0 Å². The average molecular weight is 182 g/mol. The first-order chi connectivity index (χ1) is 6.18. The minimum atomic E-state index is -0.396. The SMILES string of the molecule is C=C(C)C(=O)OCC[CH]CN=C=O. The molecule has 0 aliphatic carbocycles. The highest BCUT2D eigenvalue weighted by Gasteiger charge is 2.01. The summed E-state index contributed by atoms with van der Waals surface area (Å²) in [5.41, 5.74) is 0.380. The third kappa shape index (κ3) is 6.97. The summed E-state index contributed by atoms with van der Waals surface area (Å²) in [6, 6.07) is 0. The van der Waals surface area contributed by atoms with Crippen LogP contribution in [0, 0.1) is 6.42 Å². The molecule has 0 aromatic rings. The van der Waals surface area contributed by atoms with E-state index in [2.05, 4.69) is 11.6 Å². The van der Waals surface area contributed by atoms with Crippen LogP contribution < -0.4 is 0 Å². The summed E-state index contributed by atoms with van der Waals surface area (Å²) < 4.78 is 4.77. The molecule has 0 fully saturated rings. The molecule has 0 spiro atoms. The topological polar surface area (TPSA) is 55.7 Å². The maximum atomic E-state index is 10.8. The number of carbonyl (C=O) groups excluding carboxylic acids is 2. The van der Waals surface area contributed by atoms with Crippen molar-refractivity contribution in [3.05, 3.63) is 18.6 Å². The standard InChI is InChI=1S/C9H12NO3/c1-8(2)9(12)13-6-4-3-5-10-7-11/h3H,1,4-6H2,2H3. The van der Waals surface area contributed by atoms with E-state index in [0.717, 1.165) is 0 Å². The summed E-state index contributed by atoms with van der Waals surface area (Å²) in [7, 11) is 0.